The lowest BCUT2D eigenvalue weighted by atomic mass is 9.96. The van der Waals surface area contributed by atoms with Gasteiger partial charge >= 0.3 is 0 Å². The van der Waals surface area contributed by atoms with E-state index in [2.05, 4.69) is 22.8 Å². The second-order valence-electron chi connectivity index (χ2n) is 7.21. The number of aliphatic hydroxyl groups is 1. The van der Waals surface area contributed by atoms with Gasteiger partial charge in [0, 0.05) is 29.4 Å². The number of hydrogen-bond donors (Lipinski definition) is 2. The van der Waals surface area contributed by atoms with Gasteiger partial charge in [0.2, 0.25) is 0 Å². The van der Waals surface area contributed by atoms with E-state index in [-0.39, 0.29) is 12.4 Å². The van der Waals surface area contributed by atoms with Crippen LogP contribution in [0.3, 0.4) is 0 Å². The van der Waals surface area contributed by atoms with Gasteiger partial charge in [-0.05, 0) is 54.5 Å². The van der Waals surface area contributed by atoms with Gasteiger partial charge in [-0.3, -0.25) is 4.79 Å². The Labute approximate surface area is 165 Å². The first-order valence-electron chi connectivity index (χ1n) is 9.88. The molecule has 5 heteroatoms. The third-order valence-corrected chi connectivity index (χ3v) is 6.19. The maximum absolute atomic E-state index is 11.7. The van der Waals surface area contributed by atoms with E-state index in [1.54, 1.807) is 35.6 Å². The zero-order valence-corrected chi connectivity index (χ0v) is 16.7. The summed E-state index contributed by atoms with van der Waals surface area (Å²) >= 11 is 1.78. The highest BCUT2D eigenvalue weighted by atomic mass is 32.1. The van der Waals surface area contributed by atoms with E-state index in [0.717, 1.165) is 0 Å². The average Bonchev–Trinajstić information content (AvgIpc) is 3.41. The quantitative estimate of drug-likeness (QED) is 0.585. The zero-order chi connectivity index (χ0) is 19.1. The molecule has 0 saturated heterocycles. The fraction of sp³-hybridized carbons (Fsp3) is 0.500. The van der Waals surface area contributed by atoms with Gasteiger partial charge in [-0.2, -0.15) is 0 Å². The molecule has 1 aromatic carbocycles. The number of carbonyl (C=O) groups is 1. The van der Waals surface area contributed by atoms with Gasteiger partial charge in [0.15, 0.2) is 5.78 Å². The summed E-state index contributed by atoms with van der Waals surface area (Å²) < 4.78 is 5.69. The summed E-state index contributed by atoms with van der Waals surface area (Å²) in [6.07, 6.45) is 5.03. The van der Waals surface area contributed by atoms with Gasteiger partial charge < -0.3 is 15.2 Å². The molecule has 0 spiro atoms. The normalized spacial score (nSPS) is 17.0. The number of nitrogens with one attached hydrogen (secondary N) is 1. The summed E-state index contributed by atoms with van der Waals surface area (Å²) in [5.41, 5.74) is 0.697. The Bertz CT molecular complexity index is 693. The predicted octanol–water partition coefficient (Wildman–Crippen LogP) is 4.60. The van der Waals surface area contributed by atoms with Gasteiger partial charge in [0.25, 0.3) is 0 Å². The lowest BCUT2D eigenvalue weighted by molar-refractivity contribution is 0.0984. The summed E-state index contributed by atoms with van der Waals surface area (Å²) in [5, 5.41) is 16.0. The van der Waals surface area contributed by atoms with E-state index in [9.17, 15) is 9.90 Å². The number of thiophene rings is 1. The first-order valence-corrected chi connectivity index (χ1v) is 10.8. The van der Waals surface area contributed by atoms with Crippen molar-refractivity contribution in [1.82, 2.24) is 5.32 Å². The molecule has 2 unspecified atom stereocenters. The highest BCUT2D eigenvalue weighted by Gasteiger charge is 2.27. The van der Waals surface area contributed by atoms with Crippen LogP contribution >= 0.6 is 11.3 Å². The van der Waals surface area contributed by atoms with Gasteiger partial charge in [-0.15, -0.1) is 11.3 Å². The van der Waals surface area contributed by atoms with Crippen LogP contribution in [0.2, 0.25) is 0 Å². The van der Waals surface area contributed by atoms with Crippen molar-refractivity contribution in [2.24, 2.45) is 5.92 Å². The van der Waals surface area contributed by atoms with E-state index >= 15 is 0 Å². The SMILES string of the molecule is CCC(=O)c1ccc(OCC(O)CNC(c2cccs2)C2CCCC2)cc1. The van der Waals surface area contributed by atoms with E-state index in [1.807, 2.05) is 6.92 Å². The van der Waals surface area contributed by atoms with E-state index in [4.69, 9.17) is 4.74 Å². The summed E-state index contributed by atoms with van der Waals surface area (Å²) in [6.45, 7) is 2.59. The van der Waals surface area contributed by atoms with Gasteiger partial charge in [0.05, 0.1) is 0 Å². The summed E-state index contributed by atoms with van der Waals surface area (Å²) in [5.74, 6) is 1.45. The van der Waals surface area contributed by atoms with E-state index < -0.39 is 6.10 Å². The maximum Gasteiger partial charge on any atom is 0.162 e. The first kappa shape index (κ1) is 20.1. The Balaban J connectivity index is 1.48. The molecule has 146 valence electrons. The fourth-order valence-electron chi connectivity index (χ4n) is 3.71. The molecule has 1 aromatic heterocycles. The lowest BCUT2D eigenvalue weighted by Crippen LogP contribution is -2.36. The molecule has 4 nitrogen and oxygen atoms in total. The molecule has 27 heavy (non-hydrogen) atoms. The minimum Gasteiger partial charge on any atom is -0.491 e. The topological polar surface area (TPSA) is 58.6 Å². The van der Waals surface area contributed by atoms with Crippen molar-refractivity contribution in [2.45, 2.75) is 51.2 Å². The van der Waals surface area contributed by atoms with Crippen LogP contribution in [0.4, 0.5) is 0 Å². The third kappa shape index (κ3) is 5.64. The van der Waals surface area contributed by atoms with Crippen LogP contribution in [-0.4, -0.2) is 30.1 Å². The van der Waals surface area contributed by atoms with Crippen molar-refractivity contribution in [3.05, 3.63) is 52.2 Å². The van der Waals surface area contributed by atoms with Gasteiger partial charge in [-0.25, -0.2) is 0 Å². The minimum atomic E-state index is -0.578. The van der Waals surface area contributed by atoms with Crippen LogP contribution in [0.1, 0.15) is 60.3 Å². The van der Waals surface area contributed by atoms with Gasteiger partial charge in [0.1, 0.15) is 18.5 Å². The molecule has 1 heterocycles. The smallest absolute Gasteiger partial charge is 0.162 e. The second-order valence-corrected chi connectivity index (χ2v) is 8.19. The third-order valence-electron chi connectivity index (χ3n) is 5.23. The maximum atomic E-state index is 11.7. The van der Waals surface area contributed by atoms with Crippen molar-refractivity contribution in [1.29, 1.82) is 0 Å². The molecule has 0 bridgehead atoms. The van der Waals surface area contributed by atoms with Crippen molar-refractivity contribution in [3.8, 4) is 5.75 Å². The number of carbonyl (C=O) groups excluding carboxylic acids is 1. The van der Waals surface area contributed by atoms with Crippen LogP contribution < -0.4 is 10.1 Å². The molecule has 2 atom stereocenters. The van der Waals surface area contributed by atoms with Crippen LogP contribution in [0.15, 0.2) is 41.8 Å². The standard InChI is InChI=1S/C22H29NO3S/c1-2-20(25)16-9-11-19(12-10-16)26-15-18(24)14-23-22(17-6-3-4-7-17)21-8-5-13-27-21/h5,8-13,17-18,22-24H,2-4,6-7,14-15H2,1H3. The van der Waals surface area contributed by atoms with Crippen LogP contribution in [-0.2, 0) is 0 Å². The van der Waals surface area contributed by atoms with Crippen molar-refractivity contribution in [3.63, 3.8) is 0 Å². The Kier molecular flexibility index (Phi) is 7.44. The Hall–Kier alpha value is -1.69. The lowest BCUT2D eigenvalue weighted by Gasteiger charge is -2.25. The molecule has 0 radical (unpaired) electrons. The number of hydrogen-bond acceptors (Lipinski definition) is 5. The molecule has 3 rings (SSSR count). The van der Waals surface area contributed by atoms with Crippen molar-refractivity contribution >= 4 is 17.1 Å². The molecule has 1 aliphatic rings. The average molecular weight is 388 g/mol. The Morgan fingerprint density at radius 3 is 2.63 bits per heavy atom. The number of aliphatic hydroxyl groups excluding tert-OH is 1. The van der Waals surface area contributed by atoms with Crippen LogP contribution in [0.25, 0.3) is 0 Å². The Morgan fingerprint density at radius 2 is 2.00 bits per heavy atom. The predicted molar refractivity (Wildman–Crippen MR) is 110 cm³/mol. The van der Waals surface area contributed by atoms with E-state index in [0.29, 0.717) is 36.2 Å². The highest BCUT2D eigenvalue weighted by molar-refractivity contribution is 7.10. The zero-order valence-electron chi connectivity index (χ0n) is 15.9. The summed E-state index contributed by atoms with van der Waals surface area (Å²) in [7, 11) is 0. The fourth-order valence-corrected chi connectivity index (χ4v) is 4.61. The molecule has 1 fully saturated rings. The first-order chi connectivity index (χ1) is 13.2. The van der Waals surface area contributed by atoms with Crippen LogP contribution in [0, 0.1) is 5.92 Å². The molecular weight excluding hydrogens is 358 g/mol. The number of Topliss-reactive ketones (excluding diaryl/α,β-unsaturated/α-hetero) is 1. The van der Waals surface area contributed by atoms with Crippen LogP contribution in [0.5, 0.6) is 5.75 Å². The molecule has 1 aliphatic carbocycles. The van der Waals surface area contributed by atoms with Crippen molar-refractivity contribution < 1.29 is 14.6 Å². The van der Waals surface area contributed by atoms with E-state index in [1.165, 1.54) is 30.6 Å². The molecule has 0 aliphatic heterocycles. The Morgan fingerprint density at radius 1 is 1.26 bits per heavy atom. The van der Waals surface area contributed by atoms with Crippen molar-refractivity contribution in [2.75, 3.05) is 13.2 Å². The largest absolute Gasteiger partial charge is 0.491 e. The summed E-state index contributed by atoms with van der Waals surface area (Å²) in [4.78, 5) is 13.0. The monoisotopic (exact) mass is 387 g/mol. The number of rotatable bonds is 10. The molecule has 2 aromatic rings. The molecular formula is C22H29NO3S. The highest BCUT2D eigenvalue weighted by Crippen LogP contribution is 2.37. The number of ketones is 1. The molecule has 0 amide bonds. The molecule has 2 N–H and O–H groups in total. The summed E-state index contributed by atoms with van der Waals surface area (Å²) in [6, 6.07) is 11.7. The number of ether oxygens (including phenoxy) is 1. The second kappa shape index (κ2) is 10.0. The minimum absolute atomic E-state index is 0.123. The molecule has 1 saturated carbocycles. The van der Waals surface area contributed by atoms with Gasteiger partial charge in [-0.1, -0.05) is 25.8 Å². The number of benzene rings is 1.